The largest absolute Gasteiger partial charge is 0.319 e. The van der Waals surface area contributed by atoms with Crippen molar-refractivity contribution in [1.82, 2.24) is 29.5 Å². The normalized spacial score (nSPS) is 10.7. The van der Waals surface area contributed by atoms with Gasteiger partial charge in [-0.15, -0.1) is 0 Å². The van der Waals surface area contributed by atoms with Crippen LogP contribution in [0.1, 0.15) is 10.4 Å². The molecule has 1 amide bonds. The molecule has 116 valence electrons. The Morgan fingerprint density at radius 2 is 1.75 bits per heavy atom. The van der Waals surface area contributed by atoms with Crippen LogP contribution in [0.5, 0.6) is 0 Å². The van der Waals surface area contributed by atoms with Crippen molar-refractivity contribution in [2.24, 2.45) is 0 Å². The quantitative estimate of drug-likeness (QED) is 0.619. The standard InChI is InChI=1S/C16H11N7O/c24-15(11-1-2-13-14(7-11)19-4-3-18-13)22-12-8-20-16(21-9-12)23-6-5-17-10-23/h1-10H,(H,22,24). The van der Waals surface area contributed by atoms with E-state index in [1.54, 1.807) is 66.3 Å². The molecule has 0 radical (unpaired) electrons. The third-order valence-electron chi connectivity index (χ3n) is 3.36. The number of nitrogens with one attached hydrogen (secondary N) is 1. The first-order chi connectivity index (χ1) is 11.8. The van der Waals surface area contributed by atoms with Crippen LogP contribution in [0.2, 0.25) is 0 Å². The predicted molar refractivity (Wildman–Crippen MR) is 86.6 cm³/mol. The number of rotatable bonds is 3. The number of hydrogen-bond acceptors (Lipinski definition) is 6. The van der Waals surface area contributed by atoms with Crippen molar-refractivity contribution in [1.29, 1.82) is 0 Å². The van der Waals surface area contributed by atoms with E-state index in [4.69, 9.17) is 0 Å². The fourth-order valence-corrected chi connectivity index (χ4v) is 2.20. The molecule has 8 heteroatoms. The number of aromatic nitrogens is 6. The van der Waals surface area contributed by atoms with Gasteiger partial charge in [0.25, 0.3) is 5.91 Å². The zero-order valence-electron chi connectivity index (χ0n) is 12.4. The van der Waals surface area contributed by atoms with Crippen LogP contribution in [0.4, 0.5) is 5.69 Å². The van der Waals surface area contributed by atoms with Gasteiger partial charge < -0.3 is 5.32 Å². The average molecular weight is 317 g/mol. The molecule has 3 aromatic heterocycles. The summed E-state index contributed by atoms with van der Waals surface area (Å²) >= 11 is 0. The van der Waals surface area contributed by atoms with Crippen molar-refractivity contribution in [2.75, 3.05) is 5.32 Å². The van der Waals surface area contributed by atoms with E-state index in [0.717, 1.165) is 5.52 Å². The van der Waals surface area contributed by atoms with E-state index in [2.05, 4.69) is 30.2 Å². The van der Waals surface area contributed by atoms with Crippen LogP contribution in [-0.4, -0.2) is 35.4 Å². The number of carbonyl (C=O) groups excluding carboxylic acids is 1. The number of hydrogen-bond donors (Lipinski definition) is 1. The molecule has 0 unspecified atom stereocenters. The van der Waals surface area contributed by atoms with Crippen molar-refractivity contribution in [2.45, 2.75) is 0 Å². The van der Waals surface area contributed by atoms with Gasteiger partial charge in [0, 0.05) is 30.4 Å². The Morgan fingerprint density at radius 3 is 2.50 bits per heavy atom. The first kappa shape index (κ1) is 13.9. The van der Waals surface area contributed by atoms with E-state index in [-0.39, 0.29) is 5.91 Å². The summed E-state index contributed by atoms with van der Waals surface area (Å²) in [6.07, 6.45) is 11.3. The molecule has 8 nitrogen and oxygen atoms in total. The second-order valence-corrected chi connectivity index (χ2v) is 4.96. The van der Waals surface area contributed by atoms with Gasteiger partial charge in [-0.2, -0.15) is 0 Å². The van der Waals surface area contributed by atoms with E-state index >= 15 is 0 Å². The number of nitrogens with zero attached hydrogens (tertiary/aromatic N) is 6. The highest BCUT2D eigenvalue weighted by atomic mass is 16.1. The highest BCUT2D eigenvalue weighted by Gasteiger charge is 2.09. The maximum atomic E-state index is 12.3. The van der Waals surface area contributed by atoms with Gasteiger partial charge in [0.1, 0.15) is 6.33 Å². The maximum absolute atomic E-state index is 12.3. The second kappa shape index (κ2) is 5.84. The molecule has 4 rings (SSSR count). The van der Waals surface area contributed by atoms with Gasteiger partial charge in [-0.1, -0.05) is 0 Å². The molecule has 24 heavy (non-hydrogen) atoms. The van der Waals surface area contributed by atoms with Gasteiger partial charge in [-0.3, -0.25) is 19.3 Å². The zero-order chi connectivity index (χ0) is 16.4. The summed E-state index contributed by atoms with van der Waals surface area (Å²) in [4.78, 5) is 33.0. The summed E-state index contributed by atoms with van der Waals surface area (Å²) in [5.74, 6) is 0.216. The number of fused-ring (bicyclic) bond motifs is 1. The number of imidazole rings is 1. The number of carbonyl (C=O) groups is 1. The van der Waals surface area contributed by atoms with Crippen molar-refractivity contribution >= 4 is 22.6 Å². The first-order valence-electron chi connectivity index (χ1n) is 7.12. The van der Waals surface area contributed by atoms with Crippen LogP contribution in [0.25, 0.3) is 17.0 Å². The molecule has 0 bridgehead atoms. The fraction of sp³-hybridized carbons (Fsp3) is 0. The second-order valence-electron chi connectivity index (χ2n) is 4.96. The lowest BCUT2D eigenvalue weighted by molar-refractivity contribution is 0.102. The molecule has 0 fully saturated rings. The average Bonchev–Trinajstić information content (AvgIpc) is 3.16. The summed E-state index contributed by atoms with van der Waals surface area (Å²) in [6.45, 7) is 0. The zero-order valence-corrected chi connectivity index (χ0v) is 12.4. The number of benzene rings is 1. The van der Waals surface area contributed by atoms with E-state index < -0.39 is 0 Å². The molecule has 3 heterocycles. The highest BCUT2D eigenvalue weighted by Crippen LogP contribution is 2.13. The minimum absolute atomic E-state index is 0.262. The monoisotopic (exact) mass is 317 g/mol. The van der Waals surface area contributed by atoms with Crippen LogP contribution in [0.3, 0.4) is 0 Å². The Bertz CT molecular complexity index is 997. The summed E-state index contributed by atoms with van der Waals surface area (Å²) < 4.78 is 1.67. The van der Waals surface area contributed by atoms with Gasteiger partial charge in [0.15, 0.2) is 0 Å². The van der Waals surface area contributed by atoms with Crippen LogP contribution < -0.4 is 5.32 Å². The van der Waals surface area contributed by atoms with Gasteiger partial charge >= 0.3 is 0 Å². The summed E-state index contributed by atoms with van der Waals surface area (Å²) in [6, 6.07) is 5.15. The molecular weight excluding hydrogens is 306 g/mol. The topological polar surface area (TPSA) is 98.5 Å². The highest BCUT2D eigenvalue weighted by molar-refractivity contribution is 6.05. The van der Waals surface area contributed by atoms with Crippen LogP contribution in [0, 0.1) is 0 Å². The maximum Gasteiger partial charge on any atom is 0.255 e. The fourth-order valence-electron chi connectivity index (χ4n) is 2.20. The molecule has 0 saturated heterocycles. The molecule has 4 aromatic rings. The lowest BCUT2D eigenvalue weighted by Crippen LogP contribution is -2.13. The summed E-state index contributed by atoms with van der Waals surface area (Å²) in [5.41, 5.74) is 2.39. The van der Waals surface area contributed by atoms with Gasteiger partial charge in [-0.25, -0.2) is 15.0 Å². The Kier molecular flexibility index (Phi) is 3.39. The molecule has 0 saturated carbocycles. The summed E-state index contributed by atoms with van der Waals surface area (Å²) in [7, 11) is 0. The number of anilines is 1. The molecule has 0 aliphatic heterocycles. The lowest BCUT2D eigenvalue weighted by atomic mass is 10.2. The van der Waals surface area contributed by atoms with Crippen molar-refractivity contribution in [3.05, 3.63) is 67.3 Å². The molecule has 0 atom stereocenters. The van der Waals surface area contributed by atoms with E-state index in [1.807, 2.05) is 0 Å². The molecule has 1 aromatic carbocycles. The number of amides is 1. The van der Waals surface area contributed by atoms with Crippen LogP contribution >= 0.6 is 0 Å². The van der Waals surface area contributed by atoms with Crippen molar-refractivity contribution in [3.63, 3.8) is 0 Å². The predicted octanol–water partition coefficient (Wildman–Crippen LogP) is 1.86. The smallest absolute Gasteiger partial charge is 0.255 e. The van der Waals surface area contributed by atoms with Gasteiger partial charge in [-0.05, 0) is 18.2 Å². The lowest BCUT2D eigenvalue weighted by Gasteiger charge is -2.06. The van der Waals surface area contributed by atoms with Gasteiger partial charge in [0.2, 0.25) is 5.95 Å². The van der Waals surface area contributed by atoms with E-state index in [1.165, 1.54) is 0 Å². The molecule has 0 aliphatic rings. The first-order valence-corrected chi connectivity index (χ1v) is 7.12. The Morgan fingerprint density at radius 1 is 0.958 bits per heavy atom. The minimum Gasteiger partial charge on any atom is -0.319 e. The molecular formula is C16H11N7O. The van der Waals surface area contributed by atoms with Crippen LogP contribution in [-0.2, 0) is 0 Å². The third kappa shape index (κ3) is 2.68. The Hall–Kier alpha value is -3.68. The van der Waals surface area contributed by atoms with Crippen LogP contribution in [0.15, 0.2) is 61.7 Å². The van der Waals surface area contributed by atoms with E-state index in [0.29, 0.717) is 22.7 Å². The van der Waals surface area contributed by atoms with Crippen molar-refractivity contribution in [3.8, 4) is 5.95 Å². The van der Waals surface area contributed by atoms with Gasteiger partial charge in [0.05, 0.1) is 29.1 Å². The van der Waals surface area contributed by atoms with E-state index in [9.17, 15) is 4.79 Å². The molecule has 0 spiro atoms. The summed E-state index contributed by atoms with van der Waals surface area (Å²) in [5, 5.41) is 2.76. The molecule has 1 N–H and O–H groups in total. The van der Waals surface area contributed by atoms with Crippen molar-refractivity contribution < 1.29 is 4.79 Å². The SMILES string of the molecule is O=C(Nc1cnc(-n2ccnc2)nc1)c1ccc2nccnc2c1. The molecule has 0 aliphatic carbocycles. The third-order valence-corrected chi connectivity index (χ3v) is 3.36. The Labute approximate surface area is 136 Å². The minimum atomic E-state index is -0.262. The Balaban J connectivity index is 1.54.